The highest BCUT2D eigenvalue weighted by molar-refractivity contribution is 7.89. The fourth-order valence-electron chi connectivity index (χ4n) is 2.92. The maximum atomic E-state index is 12.5. The lowest BCUT2D eigenvalue weighted by Crippen LogP contribution is -2.36. The summed E-state index contributed by atoms with van der Waals surface area (Å²) in [5.74, 6) is 0.0190. The minimum Gasteiger partial charge on any atom is -0.492 e. The van der Waals surface area contributed by atoms with Crippen LogP contribution in [0.4, 0.5) is 0 Å². The van der Waals surface area contributed by atoms with Crippen molar-refractivity contribution >= 4 is 15.9 Å². The lowest BCUT2D eigenvalue weighted by atomic mass is 9.95. The second-order valence-corrected chi connectivity index (χ2v) is 7.64. The first-order valence-corrected chi connectivity index (χ1v) is 10.0. The smallest absolute Gasteiger partial charge is 0.251 e. The molecule has 0 spiro atoms. The molecule has 0 heterocycles. The molecule has 1 aliphatic rings. The molecule has 6 nitrogen and oxygen atoms in total. The minimum absolute atomic E-state index is 0.00231. The highest BCUT2D eigenvalue weighted by atomic mass is 32.2. The second kappa shape index (κ2) is 8.48. The van der Waals surface area contributed by atoms with Gasteiger partial charge >= 0.3 is 0 Å². The molecule has 1 saturated carbocycles. The van der Waals surface area contributed by atoms with Crippen molar-refractivity contribution in [2.24, 2.45) is 0 Å². The third-order valence-corrected chi connectivity index (χ3v) is 5.64. The zero-order valence-electron chi connectivity index (χ0n) is 14.3. The van der Waals surface area contributed by atoms with Crippen LogP contribution in [0.1, 0.15) is 56.3 Å². The molecule has 0 aromatic heterocycles. The van der Waals surface area contributed by atoms with E-state index in [1.807, 2.05) is 0 Å². The molecule has 0 unspecified atom stereocenters. The van der Waals surface area contributed by atoms with E-state index in [-0.39, 0.29) is 29.1 Å². The fraction of sp³-hybridized carbons (Fsp3) is 0.588. The first-order valence-electron chi connectivity index (χ1n) is 8.55. The van der Waals surface area contributed by atoms with Gasteiger partial charge in [-0.25, -0.2) is 13.1 Å². The molecule has 2 rings (SSSR count). The van der Waals surface area contributed by atoms with Crippen molar-refractivity contribution in [3.05, 3.63) is 23.8 Å². The molecular formula is C17H26N2O4S. The highest BCUT2D eigenvalue weighted by Crippen LogP contribution is 2.26. The Morgan fingerprint density at radius 3 is 2.54 bits per heavy atom. The van der Waals surface area contributed by atoms with E-state index in [1.54, 1.807) is 26.0 Å². The molecule has 1 aromatic rings. The molecule has 0 aliphatic heterocycles. The first-order chi connectivity index (χ1) is 11.5. The Morgan fingerprint density at radius 2 is 1.92 bits per heavy atom. The molecule has 134 valence electrons. The van der Waals surface area contributed by atoms with Crippen molar-refractivity contribution in [2.45, 2.75) is 56.9 Å². The van der Waals surface area contributed by atoms with Crippen LogP contribution in [0, 0.1) is 0 Å². The van der Waals surface area contributed by atoms with Gasteiger partial charge in [0.15, 0.2) is 0 Å². The summed E-state index contributed by atoms with van der Waals surface area (Å²) in [6, 6.07) is 4.71. The quantitative estimate of drug-likeness (QED) is 0.788. The van der Waals surface area contributed by atoms with Crippen LogP contribution in [0.25, 0.3) is 0 Å². The minimum atomic E-state index is -3.71. The molecule has 1 fully saturated rings. The molecule has 1 aliphatic carbocycles. The number of amides is 1. The van der Waals surface area contributed by atoms with Gasteiger partial charge in [-0.3, -0.25) is 4.79 Å². The van der Waals surface area contributed by atoms with Gasteiger partial charge in [0.25, 0.3) is 5.91 Å². The standard InChI is InChI=1S/C17H26N2O4S/c1-3-18-24(21,22)16-12-13(10-11-15(16)23-4-2)17(20)19-14-8-6-5-7-9-14/h10-12,14,18H,3-9H2,1-2H3,(H,19,20). The summed E-state index contributed by atoms with van der Waals surface area (Å²) < 4.78 is 32.6. The monoisotopic (exact) mass is 354 g/mol. The Labute approximate surface area is 144 Å². The van der Waals surface area contributed by atoms with Gasteiger partial charge < -0.3 is 10.1 Å². The van der Waals surface area contributed by atoms with E-state index in [1.165, 1.54) is 12.5 Å². The van der Waals surface area contributed by atoms with Crippen LogP contribution in [-0.2, 0) is 10.0 Å². The van der Waals surface area contributed by atoms with Crippen molar-refractivity contribution < 1.29 is 17.9 Å². The Morgan fingerprint density at radius 1 is 1.21 bits per heavy atom. The topological polar surface area (TPSA) is 84.5 Å². The number of sulfonamides is 1. The van der Waals surface area contributed by atoms with Crippen molar-refractivity contribution in [1.82, 2.24) is 10.0 Å². The molecule has 24 heavy (non-hydrogen) atoms. The van der Waals surface area contributed by atoms with E-state index >= 15 is 0 Å². The van der Waals surface area contributed by atoms with Crippen molar-refractivity contribution in [2.75, 3.05) is 13.2 Å². The normalized spacial score (nSPS) is 15.9. The van der Waals surface area contributed by atoms with Gasteiger partial charge in [-0.1, -0.05) is 26.2 Å². The van der Waals surface area contributed by atoms with Gasteiger partial charge in [0.05, 0.1) is 6.61 Å². The second-order valence-electron chi connectivity index (χ2n) is 5.90. The third kappa shape index (κ3) is 4.70. The van der Waals surface area contributed by atoms with E-state index in [0.29, 0.717) is 12.2 Å². The van der Waals surface area contributed by atoms with Crippen LogP contribution in [-0.4, -0.2) is 33.5 Å². The molecule has 0 radical (unpaired) electrons. The van der Waals surface area contributed by atoms with E-state index in [9.17, 15) is 13.2 Å². The summed E-state index contributed by atoms with van der Waals surface area (Å²) in [6.07, 6.45) is 5.40. The maximum Gasteiger partial charge on any atom is 0.251 e. The summed E-state index contributed by atoms with van der Waals surface area (Å²) >= 11 is 0. The van der Waals surface area contributed by atoms with Gasteiger partial charge in [0, 0.05) is 18.2 Å². The van der Waals surface area contributed by atoms with Crippen molar-refractivity contribution in [3.63, 3.8) is 0 Å². The Hall–Kier alpha value is -1.60. The average Bonchev–Trinajstić information content (AvgIpc) is 2.56. The number of carbonyl (C=O) groups excluding carboxylic acids is 1. The van der Waals surface area contributed by atoms with Crippen LogP contribution in [0.2, 0.25) is 0 Å². The van der Waals surface area contributed by atoms with Crippen LogP contribution in [0.15, 0.2) is 23.1 Å². The van der Waals surface area contributed by atoms with Gasteiger partial charge in [-0.2, -0.15) is 0 Å². The SMILES string of the molecule is CCNS(=O)(=O)c1cc(C(=O)NC2CCCCC2)ccc1OCC. The van der Waals surface area contributed by atoms with Crippen LogP contribution in [0.5, 0.6) is 5.75 Å². The lowest BCUT2D eigenvalue weighted by molar-refractivity contribution is 0.0927. The molecule has 2 N–H and O–H groups in total. The molecule has 0 atom stereocenters. The number of ether oxygens (including phenoxy) is 1. The fourth-order valence-corrected chi connectivity index (χ4v) is 4.13. The molecule has 0 bridgehead atoms. The van der Waals surface area contributed by atoms with Gasteiger partial charge in [-0.05, 0) is 38.0 Å². The van der Waals surface area contributed by atoms with E-state index < -0.39 is 10.0 Å². The predicted octanol–water partition coefficient (Wildman–Crippen LogP) is 2.45. The summed E-state index contributed by atoms with van der Waals surface area (Å²) in [5, 5.41) is 3.00. The Kier molecular flexibility index (Phi) is 6.62. The summed E-state index contributed by atoms with van der Waals surface area (Å²) in [7, 11) is -3.71. The number of benzene rings is 1. The van der Waals surface area contributed by atoms with Crippen molar-refractivity contribution in [1.29, 1.82) is 0 Å². The van der Waals surface area contributed by atoms with Gasteiger partial charge in [0.1, 0.15) is 10.6 Å². The van der Waals surface area contributed by atoms with E-state index in [2.05, 4.69) is 10.0 Å². The van der Waals surface area contributed by atoms with Crippen molar-refractivity contribution in [3.8, 4) is 5.75 Å². The first kappa shape index (κ1) is 18.7. The Balaban J connectivity index is 2.26. The average molecular weight is 354 g/mol. The zero-order chi connectivity index (χ0) is 17.6. The highest BCUT2D eigenvalue weighted by Gasteiger charge is 2.22. The number of nitrogens with one attached hydrogen (secondary N) is 2. The third-order valence-electron chi connectivity index (χ3n) is 4.07. The molecule has 7 heteroatoms. The summed E-state index contributed by atoms with van der Waals surface area (Å²) in [6.45, 7) is 4.11. The number of rotatable bonds is 7. The molecule has 0 saturated heterocycles. The zero-order valence-corrected chi connectivity index (χ0v) is 15.1. The van der Waals surface area contributed by atoms with Gasteiger partial charge in [0.2, 0.25) is 10.0 Å². The van der Waals surface area contributed by atoms with Crippen LogP contribution >= 0.6 is 0 Å². The number of hydrogen-bond donors (Lipinski definition) is 2. The molecule has 1 aromatic carbocycles. The summed E-state index contributed by atoms with van der Waals surface area (Å²) in [4.78, 5) is 12.5. The van der Waals surface area contributed by atoms with Gasteiger partial charge in [-0.15, -0.1) is 0 Å². The number of hydrogen-bond acceptors (Lipinski definition) is 4. The predicted molar refractivity (Wildman–Crippen MR) is 92.8 cm³/mol. The maximum absolute atomic E-state index is 12.5. The van der Waals surface area contributed by atoms with E-state index in [4.69, 9.17) is 4.74 Å². The molecular weight excluding hydrogens is 328 g/mol. The van der Waals surface area contributed by atoms with Crippen LogP contribution in [0.3, 0.4) is 0 Å². The Bertz CT molecular complexity index is 667. The summed E-state index contributed by atoms with van der Waals surface area (Å²) in [5.41, 5.74) is 0.334. The largest absolute Gasteiger partial charge is 0.492 e. The van der Waals surface area contributed by atoms with E-state index in [0.717, 1.165) is 25.7 Å². The number of carbonyl (C=O) groups is 1. The molecule has 1 amide bonds. The van der Waals surface area contributed by atoms with Crippen LogP contribution < -0.4 is 14.8 Å². The lowest BCUT2D eigenvalue weighted by Gasteiger charge is -2.23.